The van der Waals surface area contributed by atoms with Crippen LogP contribution in [0.1, 0.15) is 17.7 Å². The molecule has 0 saturated carbocycles. The van der Waals surface area contributed by atoms with Gasteiger partial charge in [0.1, 0.15) is 18.0 Å². The lowest BCUT2D eigenvalue weighted by Crippen LogP contribution is -2.50. The number of piperidine rings is 1. The second kappa shape index (κ2) is 7.44. The highest BCUT2D eigenvalue weighted by Crippen LogP contribution is 2.29. The molecule has 3 heterocycles. The topological polar surface area (TPSA) is 93.0 Å². The van der Waals surface area contributed by atoms with Gasteiger partial charge in [0.05, 0.1) is 42.0 Å². The second-order valence-corrected chi connectivity index (χ2v) is 6.92. The molecule has 2 N–H and O–H groups in total. The van der Waals surface area contributed by atoms with Gasteiger partial charge in [-0.3, -0.25) is 4.98 Å². The van der Waals surface area contributed by atoms with Gasteiger partial charge in [0.15, 0.2) is 0 Å². The normalized spacial score (nSPS) is 19.6. The van der Waals surface area contributed by atoms with E-state index in [-0.39, 0.29) is 0 Å². The molecule has 1 aromatic carbocycles. The summed E-state index contributed by atoms with van der Waals surface area (Å²) in [5.74, 6) is 1.46. The summed E-state index contributed by atoms with van der Waals surface area (Å²) in [5, 5.41) is 8.98. The number of rotatable bonds is 4. The summed E-state index contributed by atoms with van der Waals surface area (Å²) in [5.41, 5.74) is 8.99. The maximum Gasteiger partial charge on any atom is 0.206 e. The van der Waals surface area contributed by atoms with E-state index in [0.717, 1.165) is 28.4 Å². The molecule has 4 rings (SSSR count). The smallest absolute Gasteiger partial charge is 0.206 e. The molecule has 0 bridgehead atoms. The van der Waals surface area contributed by atoms with E-state index in [1.54, 1.807) is 19.4 Å². The van der Waals surface area contributed by atoms with E-state index in [1.165, 1.54) is 0 Å². The third kappa shape index (κ3) is 3.37. The predicted molar refractivity (Wildman–Crippen MR) is 104 cm³/mol. The number of alkyl halides is 1. The van der Waals surface area contributed by atoms with Gasteiger partial charge in [-0.05, 0) is 30.7 Å². The van der Waals surface area contributed by atoms with Crippen LogP contribution in [0.15, 0.2) is 36.5 Å². The first kappa shape index (κ1) is 18.2. The first-order chi connectivity index (χ1) is 13.6. The fourth-order valence-electron chi connectivity index (χ4n) is 3.50. The quantitative estimate of drug-likeness (QED) is 0.746. The summed E-state index contributed by atoms with van der Waals surface area (Å²) in [6.07, 6.45) is 0.941. The SMILES string of the molecule is COc1ccc2nc(N3CC[C@H](F)[C@H](N)C3)n(Cc3ccc(C#N)cn3)c2c1. The molecule has 0 unspecified atom stereocenters. The van der Waals surface area contributed by atoms with E-state index >= 15 is 0 Å². The number of imidazole rings is 1. The van der Waals surface area contributed by atoms with Crippen molar-refractivity contribution in [1.82, 2.24) is 14.5 Å². The number of hydrogen-bond acceptors (Lipinski definition) is 6. The van der Waals surface area contributed by atoms with Gasteiger partial charge in [0.2, 0.25) is 5.95 Å². The number of anilines is 1. The average molecular weight is 380 g/mol. The van der Waals surface area contributed by atoms with Gasteiger partial charge in [0.25, 0.3) is 0 Å². The van der Waals surface area contributed by atoms with Gasteiger partial charge < -0.3 is 19.9 Å². The second-order valence-electron chi connectivity index (χ2n) is 6.92. The Bertz CT molecular complexity index is 1030. The molecule has 0 radical (unpaired) electrons. The maximum atomic E-state index is 13.9. The fourth-order valence-corrected chi connectivity index (χ4v) is 3.50. The fraction of sp³-hybridized carbons (Fsp3) is 0.350. The Morgan fingerprint density at radius 2 is 2.21 bits per heavy atom. The Morgan fingerprint density at radius 1 is 1.36 bits per heavy atom. The molecule has 8 heteroatoms. The van der Waals surface area contributed by atoms with Gasteiger partial charge in [0, 0.05) is 25.4 Å². The van der Waals surface area contributed by atoms with Gasteiger partial charge in [-0.15, -0.1) is 0 Å². The van der Waals surface area contributed by atoms with Crippen molar-refractivity contribution in [2.45, 2.75) is 25.2 Å². The Kier molecular flexibility index (Phi) is 4.84. The van der Waals surface area contributed by atoms with Gasteiger partial charge >= 0.3 is 0 Å². The highest BCUT2D eigenvalue weighted by atomic mass is 19.1. The summed E-state index contributed by atoms with van der Waals surface area (Å²) in [6, 6.07) is 10.8. The molecule has 28 heavy (non-hydrogen) atoms. The first-order valence-corrected chi connectivity index (χ1v) is 9.13. The molecule has 144 valence electrons. The molecule has 1 fully saturated rings. The first-order valence-electron chi connectivity index (χ1n) is 9.13. The van der Waals surface area contributed by atoms with Crippen LogP contribution < -0.4 is 15.4 Å². The Balaban J connectivity index is 1.77. The van der Waals surface area contributed by atoms with E-state index < -0.39 is 12.2 Å². The number of hydrogen-bond donors (Lipinski definition) is 1. The van der Waals surface area contributed by atoms with E-state index in [0.29, 0.717) is 31.6 Å². The number of pyridine rings is 1. The minimum Gasteiger partial charge on any atom is -0.497 e. The minimum absolute atomic E-state index is 0.378. The number of fused-ring (bicyclic) bond motifs is 1. The van der Waals surface area contributed by atoms with Crippen LogP contribution in [0, 0.1) is 11.3 Å². The zero-order valence-electron chi connectivity index (χ0n) is 15.5. The monoisotopic (exact) mass is 380 g/mol. The molecule has 0 amide bonds. The molecule has 0 spiro atoms. The van der Waals surface area contributed by atoms with E-state index in [1.807, 2.05) is 33.7 Å². The van der Waals surface area contributed by atoms with Crippen molar-refractivity contribution in [2.24, 2.45) is 5.73 Å². The number of nitrogens with two attached hydrogens (primary N) is 1. The summed E-state index contributed by atoms with van der Waals surface area (Å²) in [6.45, 7) is 1.42. The number of nitriles is 1. The molecule has 1 aliphatic rings. The van der Waals surface area contributed by atoms with Crippen molar-refractivity contribution in [2.75, 3.05) is 25.1 Å². The highest BCUT2D eigenvalue weighted by molar-refractivity contribution is 5.80. The number of nitrogens with zero attached hydrogens (tertiary/aromatic N) is 5. The van der Waals surface area contributed by atoms with Crippen LogP contribution in [0.5, 0.6) is 5.75 Å². The van der Waals surface area contributed by atoms with E-state index in [9.17, 15) is 4.39 Å². The molecule has 2 aromatic heterocycles. The van der Waals surface area contributed by atoms with Crippen molar-refractivity contribution < 1.29 is 9.13 Å². The number of ether oxygens (including phenoxy) is 1. The van der Waals surface area contributed by atoms with Crippen LogP contribution in [0.4, 0.5) is 10.3 Å². The molecule has 7 nitrogen and oxygen atoms in total. The lowest BCUT2D eigenvalue weighted by Gasteiger charge is -2.34. The van der Waals surface area contributed by atoms with Crippen molar-refractivity contribution in [3.8, 4) is 11.8 Å². The molecule has 0 aliphatic carbocycles. The Labute approximate surface area is 162 Å². The van der Waals surface area contributed by atoms with Gasteiger partial charge in [-0.25, -0.2) is 9.37 Å². The van der Waals surface area contributed by atoms with Crippen molar-refractivity contribution in [3.63, 3.8) is 0 Å². The highest BCUT2D eigenvalue weighted by Gasteiger charge is 2.29. The molecule has 1 saturated heterocycles. The summed E-state index contributed by atoms with van der Waals surface area (Å²) in [7, 11) is 1.62. The predicted octanol–water partition coefficient (Wildman–Crippen LogP) is 2.24. The maximum absolute atomic E-state index is 13.9. The van der Waals surface area contributed by atoms with E-state index in [4.69, 9.17) is 20.7 Å². The zero-order valence-corrected chi connectivity index (χ0v) is 15.5. The Morgan fingerprint density at radius 3 is 2.89 bits per heavy atom. The lowest BCUT2D eigenvalue weighted by atomic mass is 10.1. The van der Waals surface area contributed by atoms with Gasteiger partial charge in [-0.1, -0.05) is 0 Å². The van der Waals surface area contributed by atoms with Crippen molar-refractivity contribution in [1.29, 1.82) is 5.26 Å². The van der Waals surface area contributed by atoms with Crippen LogP contribution in [-0.4, -0.2) is 46.9 Å². The van der Waals surface area contributed by atoms with E-state index in [2.05, 4.69) is 11.1 Å². The van der Waals surface area contributed by atoms with Gasteiger partial charge in [-0.2, -0.15) is 5.26 Å². The van der Waals surface area contributed by atoms with Crippen LogP contribution in [0.3, 0.4) is 0 Å². The number of benzene rings is 1. The van der Waals surface area contributed by atoms with Crippen molar-refractivity contribution in [3.05, 3.63) is 47.8 Å². The standard InChI is InChI=1S/C20H21FN6O/c1-28-15-4-5-18-19(8-15)27(11-14-3-2-13(9-22)10-24-14)20(25-18)26-7-6-16(21)17(23)12-26/h2-5,8,10,16-17H,6-7,11-12,23H2,1H3/t16-,17+/m0/s1. The molecule has 1 aliphatic heterocycles. The third-order valence-corrected chi connectivity index (χ3v) is 5.06. The van der Waals surface area contributed by atoms with Crippen LogP contribution in [0.25, 0.3) is 11.0 Å². The number of halogens is 1. The lowest BCUT2D eigenvalue weighted by molar-refractivity contribution is 0.243. The summed E-state index contributed by atoms with van der Waals surface area (Å²) >= 11 is 0. The molecular formula is C20H21FN6O. The largest absolute Gasteiger partial charge is 0.497 e. The minimum atomic E-state index is -0.991. The zero-order chi connectivity index (χ0) is 19.7. The van der Waals surface area contributed by atoms with Crippen LogP contribution in [-0.2, 0) is 6.54 Å². The summed E-state index contributed by atoms with van der Waals surface area (Å²) < 4.78 is 21.3. The number of methoxy groups -OCH3 is 1. The van der Waals surface area contributed by atoms with Crippen LogP contribution >= 0.6 is 0 Å². The molecule has 2 atom stereocenters. The summed E-state index contributed by atoms with van der Waals surface area (Å²) in [4.78, 5) is 11.2. The Hall–Kier alpha value is -3.18. The third-order valence-electron chi connectivity index (χ3n) is 5.06. The average Bonchev–Trinajstić information content (AvgIpc) is 3.08. The van der Waals surface area contributed by atoms with Crippen molar-refractivity contribution >= 4 is 17.0 Å². The number of aromatic nitrogens is 3. The van der Waals surface area contributed by atoms with Crippen LogP contribution in [0.2, 0.25) is 0 Å². The molecular weight excluding hydrogens is 359 g/mol. The molecule has 3 aromatic rings.